The fourth-order valence-electron chi connectivity index (χ4n) is 2.70. The maximum absolute atomic E-state index is 12.3. The van der Waals surface area contributed by atoms with E-state index in [0.29, 0.717) is 22.5 Å². The lowest BCUT2D eigenvalue weighted by molar-refractivity contribution is 0.0953. The van der Waals surface area contributed by atoms with Crippen molar-refractivity contribution in [2.45, 2.75) is 13.8 Å². The van der Waals surface area contributed by atoms with Gasteiger partial charge in [-0.3, -0.25) is 9.59 Å². The van der Waals surface area contributed by atoms with Crippen LogP contribution in [0.1, 0.15) is 38.8 Å². The van der Waals surface area contributed by atoms with E-state index in [4.69, 9.17) is 0 Å². The van der Waals surface area contributed by atoms with E-state index < -0.39 is 0 Å². The zero-order chi connectivity index (χ0) is 19.9. The molecule has 140 valence electrons. The van der Waals surface area contributed by atoms with Crippen molar-refractivity contribution in [2.24, 2.45) is 5.10 Å². The van der Waals surface area contributed by atoms with Crippen molar-refractivity contribution in [3.05, 3.63) is 101 Å². The van der Waals surface area contributed by atoms with E-state index in [1.54, 1.807) is 25.1 Å². The van der Waals surface area contributed by atoms with Gasteiger partial charge in [0.2, 0.25) is 0 Å². The molecule has 2 N–H and O–H groups in total. The third-order valence-corrected chi connectivity index (χ3v) is 4.29. The van der Waals surface area contributed by atoms with Crippen molar-refractivity contribution in [2.75, 3.05) is 5.32 Å². The van der Waals surface area contributed by atoms with Crippen LogP contribution in [0.3, 0.4) is 0 Å². The summed E-state index contributed by atoms with van der Waals surface area (Å²) in [5, 5.41) is 7.07. The van der Waals surface area contributed by atoms with Crippen LogP contribution in [-0.2, 0) is 0 Å². The lowest BCUT2D eigenvalue weighted by Crippen LogP contribution is -2.20. The van der Waals surface area contributed by atoms with E-state index in [1.165, 1.54) is 0 Å². The van der Waals surface area contributed by atoms with Gasteiger partial charge >= 0.3 is 0 Å². The number of amides is 2. The van der Waals surface area contributed by atoms with E-state index >= 15 is 0 Å². The number of carbonyl (C=O) groups is 2. The van der Waals surface area contributed by atoms with Crippen LogP contribution in [0.4, 0.5) is 5.69 Å². The predicted octanol–water partition coefficient (Wildman–Crippen LogP) is 4.40. The fourth-order valence-corrected chi connectivity index (χ4v) is 2.70. The molecule has 0 fully saturated rings. The van der Waals surface area contributed by atoms with Crippen molar-refractivity contribution >= 4 is 23.2 Å². The quantitative estimate of drug-likeness (QED) is 0.515. The van der Waals surface area contributed by atoms with E-state index in [0.717, 1.165) is 11.1 Å². The predicted molar refractivity (Wildman–Crippen MR) is 112 cm³/mol. The van der Waals surface area contributed by atoms with Gasteiger partial charge in [0.05, 0.1) is 5.71 Å². The Hall–Kier alpha value is -3.73. The Bertz CT molecular complexity index is 1030. The number of anilines is 1. The Morgan fingerprint density at radius 2 is 1.46 bits per heavy atom. The lowest BCUT2D eigenvalue weighted by Gasteiger charge is -2.08. The van der Waals surface area contributed by atoms with Gasteiger partial charge in [0.25, 0.3) is 11.8 Å². The van der Waals surface area contributed by atoms with Crippen LogP contribution >= 0.6 is 0 Å². The van der Waals surface area contributed by atoms with Crippen LogP contribution < -0.4 is 10.7 Å². The summed E-state index contributed by atoms with van der Waals surface area (Å²) in [5.41, 5.74) is 6.74. The third kappa shape index (κ3) is 4.71. The Morgan fingerprint density at radius 3 is 2.21 bits per heavy atom. The monoisotopic (exact) mass is 371 g/mol. The highest BCUT2D eigenvalue weighted by atomic mass is 16.2. The molecule has 3 rings (SSSR count). The maximum atomic E-state index is 12.3. The van der Waals surface area contributed by atoms with Crippen molar-refractivity contribution in [3.8, 4) is 0 Å². The van der Waals surface area contributed by atoms with E-state index in [-0.39, 0.29) is 11.8 Å². The second-order valence-corrected chi connectivity index (χ2v) is 6.35. The number of hydrogen-bond donors (Lipinski definition) is 2. The van der Waals surface area contributed by atoms with Gasteiger partial charge in [0.15, 0.2) is 0 Å². The summed E-state index contributed by atoms with van der Waals surface area (Å²) >= 11 is 0. The largest absolute Gasteiger partial charge is 0.322 e. The molecule has 5 heteroatoms. The van der Waals surface area contributed by atoms with Gasteiger partial charge in [-0.2, -0.15) is 5.10 Å². The summed E-state index contributed by atoms with van der Waals surface area (Å²) in [5.74, 6) is -0.439. The number of carbonyl (C=O) groups excluding carboxylic acids is 2. The first-order valence-corrected chi connectivity index (χ1v) is 8.91. The van der Waals surface area contributed by atoms with Crippen LogP contribution in [0.15, 0.2) is 84.0 Å². The molecule has 0 aromatic heterocycles. The van der Waals surface area contributed by atoms with Gasteiger partial charge in [0.1, 0.15) is 0 Å². The molecule has 0 aliphatic carbocycles. The molecule has 5 nitrogen and oxygen atoms in total. The minimum absolute atomic E-state index is 0.180. The molecule has 0 unspecified atom stereocenters. The molecule has 0 aliphatic heterocycles. The number of nitrogens with zero attached hydrogens (tertiary/aromatic N) is 1. The molecule has 0 saturated carbocycles. The summed E-state index contributed by atoms with van der Waals surface area (Å²) in [4.78, 5) is 24.6. The van der Waals surface area contributed by atoms with Crippen LogP contribution in [-0.4, -0.2) is 17.5 Å². The van der Waals surface area contributed by atoms with Gasteiger partial charge in [-0.25, -0.2) is 5.43 Å². The zero-order valence-electron chi connectivity index (χ0n) is 15.8. The van der Waals surface area contributed by atoms with Crippen molar-refractivity contribution in [1.29, 1.82) is 0 Å². The van der Waals surface area contributed by atoms with Crippen LogP contribution in [0.2, 0.25) is 0 Å². The van der Waals surface area contributed by atoms with Crippen molar-refractivity contribution < 1.29 is 9.59 Å². The molecular formula is C23H21N3O2. The number of aryl methyl sites for hydroxylation is 1. The van der Waals surface area contributed by atoms with Crippen LogP contribution in [0, 0.1) is 6.92 Å². The number of benzene rings is 3. The Kier molecular flexibility index (Phi) is 5.97. The average molecular weight is 371 g/mol. The standard InChI is InChI=1S/C23H21N3O2/c1-16-9-6-7-14-21(16)23(28)26-25-17(2)19-12-8-13-20(15-19)24-22(27)18-10-4-3-5-11-18/h3-15H,1-2H3,(H,24,27)(H,26,28)/b25-17-. The second kappa shape index (κ2) is 8.77. The minimum Gasteiger partial charge on any atom is -0.322 e. The molecule has 0 atom stereocenters. The molecule has 3 aromatic carbocycles. The maximum Gasteiger partial charge on any atom is 0.271 e. The average Bonchev–Trinajstić information content (AvgIpc) is 2.73. The van der Waals surface area contributed by atoms with Crippen molar-refractivity contribution in [1.82, 2.24) is 5.43 Å². The Labute approximate surface area is 164 Å². The van der Waals surface area contributed by atoms with Crippen LogP contribution in [0.25, 0.3) is 0 Å². The van der Waals surface area contributed by atoms with E-state index in [1.807, 2.05) is 67.6 Å². The first kappa shape index (κ1) is 19.0. The number of rotatable bonds is 5. The molecule has 28 heavy (non-hydrogen) atoms. The topological polar surface area (TPSA) is 70.6 Å². The minimum atomic E-state index is -0.258. The molecule has 3 aromatic rings. The highest BCUT2D eigenvalue weighted by Crippen LogP contribution is 2.13. The molecular weight excluding hydrogens is 350 g/mol. The molecule has 0 heterocycles. The van der Waals surface area contributed by atoms with Crippen LogP contribution in [0.5, 0.6) is 0 Å². The number of nitrogens with one attached hydrogen (secondary N) is 2. The van der Waals surface area contributed by atoms with Gasteiger partial charge < -0.3 is 5.32 Å². The molecule has 0 saturated heterocycles. The van der Waals surface area contributed by atoms with Gasteiger partial charge in [-0.1, -0.05) is 48.5 Å². The van der Waals surface area contributed by atoms with Crippen molar-refractivity contribution in [3.63, 3.8) is 0 Å². The first-order valence-electron chi connectivity index (χ1n) is 8.91. The van der Waals surface area contributed by atoms with E-state index in [2.05, 4.69) is 15.8 Å². The molecule has 0 bridgehead atoms. The highest BCUT2D eigenvalue weighted by molar-refractivity contribution is 6.06. The highest BCUT2D eigenvalue weighted by Gasteiger charge is 2.09. The van der Waals surface area contributed by atoms with E-state index in [9.17, 15) is 9.59 Å². The Balaban J connectivity index is 1.70. The summed E-state index contributed by atoms with van der Waals surface area (Å²) in [6, 6.07) is 23.7. The normalized spacial score (nSPS) is 11.0. The van der Waals surface area contributed by atoms with Gasteiger partial charge in [0, 0.05) is 16.8 Å². The molecule has 0 aliphatic rings. The first-order chi connectivity index (χ1) is 13.5. The number of hydrogen-bond acceptors (Lipinski definition) is 3. The van der Waals surface area contributed by atoms with Gasteiger partial charge in [-0.15, -0.1) is 0 Å². The fraction of sp³-hybridized carbons (Fsp3) is 0.0870. The summed E-state index contributed by atoms with van der Waals surface area (Å²) < 4.78 is 0. The molecule has 0 spiro atoms. The molecule has 0 radical (unpaired) electrons. The zero-order valence-corrected chi connectivity index (χ0v) is 15.8. The number of hydrazone groups is 1. The molecule has 2 amide bonds. The summed E-state index contributed by atoms with van der Waals surface area (Å²) in [6.45, 7) is 3.68. The second-order valence-electron chi connectivity index (χ2n) is 6.35. The lowest BCUT2D eigenvalue weighted by atomic mass is 10.1. The summed E-state index contributed by atoms with van der Waals surface area (Å²) in [6.07, 6.45) is 0. The van der Waals surface area contributed by atoms with Gasteiger partial charge in [-0.05, 0) is 55.3 Å². The SMILES string of the molecule is C/C(=N/NC(=O)c1ccccc1C)c1cccc(NC(=O)c2ccccc2)c1. The smallest absolute Gasteiger partial charge is 0.271 e. The third-order valence-electron chi connectivity index (χ3n) is 4.29. The Morgan fingerprint density at radius 1 is 0.786 bits per heavy atom. The summed E-state index contributed by atoms with van der Waals surface area (Å²) in [7, 11) is 0.